The predicted molar refractivity (Wildman–Crippen MR) is 128 cm³/mol. The summed E-state index contributed by atoms with van der Waals surface area (Å²) in [7, 11) is 0. The van der Waals surface area contributed by atoms with E-state index in [0.29, 0.717) is 35.0 Å². The molecule has 10 heteroatoms. The number of aromatic nitrogens is 4. The molecule has 5 rings (SSSR count). The molecule has 1 saturated heterocycles. The quantitative estimate of drug-likeness (QED) is 0.398. The molecule has 170 valence electrons. The molecule has 1 fully saturated rings. The maximum atomic E-state index is 14.4. The third-order valence-electron chi connectivity index (χ3n) is 5.74. The van der Waals surface area contributed by atoms with Gasteiger partial charge in [-0.2, -0.15) is 0 Å². The summed E-state index contributed by atoms with van der Waals surface area (Å²) in [5, 5.41) is 12.7. The number of nitrogens with zero attached hydrogens (tertiary/aromatic N) is 5. The summed E-state index contributed by atoms with van der Waals surface area (Å²) in [6.07, 6.45) is 3.41. The maximum absolute atomic E-state index is 14.4. The molecule has 0 radical (unpaired) electrons. The highest BCUT2D eigenvalue weighted by molar-refractivity contribution is 6.33. The van der Waals surface area contributed by atoms with Gasteiger partial charge in [-0.3, -0.25) is 4.90 Å². The van der Waals surface area contributed by atoms with E-state index in [2.05, 4.69) is 35.1 Å². The number of fused-ring (bicyclic) bond motifs is 1. The Balaban J connectivity index is 1.40. The maximum Gasteiger partial charge on any atom is 0.159 e. The van der Waals surface area contributed by atoms with Gasteiger partial charge in [-0.1, -0.05) is 17.7 Å². The fourth-order valence-corrected chi connectivity index (χ4v) is 4.30. The summed E-state index contributed by atoms with van der Waals surface area (Å²) in [5.41, 5.74) is 2.56. The standard InChI is InChI=1S/C23H23ClFN7O/c24-16-2-1-3-17(25)20(16)22-28-18-5-7-27-23(21(18)30-22)29-19-14-15(4-6-26-19)32-10-8-31(9-11-32)12-13-33/h1-7,14,33H,8-13H2,(H,28,30)(H,26,27,29). The first-order valence-corrected chi connectivity index (χ1v) is 11.1. The minimum atomic E-state index is -0.447. The first-order chi connectivity index (χ1) is 16.1. The molecule has 4 aromatic rings. The van der Waals surface area contributed by atoms with Gasteiger partial charge in [-0.15, -0.1) is 0 Å². The summed E-state index contributed by atoms with van der Waals surface area (Å²) in [6.45, 7) is 4.45. The number of benzene rings is 1. The Kier molecular flexibility index (Phi) is 6.08. The van der Waals surface area contributed by atoms with Crippen molar-refractivity contribution in [2.24, 2.45) is 0 Å². The van der Waals surface area contributed by atoms with Gasteiger partial charge in [-0.05, 0) is 24.3 Å². The molecule has 0 saturated carbocycles. The minimum Gasteiger partial charge on any atom is -0.395 e. The van der Waals surface area contributed by atoms with Crippen molar-refractivity contribution in [3.63, 3.8) is 0 Å². The highest BCUT2D eigenvalue weighted by Gasteiger charge is 2.18. The van der Waals surface area contributed by atoms with Gasteiger partial charge in [0.05, 0.1) is 22.7 Å². The zero-order chi connectivity index (χ0) is 22.8. The molecule has 0 unspecified atom stereocenters. The van der Waals surface area contributed by atoms with Gasteiger partial charge in [-0.25, -0.2) is 19.3 Å². The lowest BCUT2D eigenvalue weighted by Gasteiger charge is -2.35. The van der Waals surface area contributed by atoms with Crippen molar-refractivity contribution in [1.82, 2.24) is 24.8 Å². The highest BCUT2D eigenvalue weighted by Crippen LogP contribution is 2.32. The summed E-state index contributed by atoms with van der Waals surface area (Å²) < 4.78 is 14.4. The van der Waals surface area contributed by atoms with Crippen molar-refractivity contribution in [2.75, 3.05) is 49.5 Å². The van der Waals surface area contributed by atoms with Gasteiger partial charge in [0.15, 0.2) is 5.82 Å². The topological polar surface area (TPSA) is 93.2 Å². The molecule has 1 aromatic carbocycles. The lowest BCUT2D eigenvalue weighted by atomic mass is 10.2. The number of pyridine rings is 2. The Bertz CT molecular complexity index is 1250. The zero-order valence-electron chi connectivity index (χ0n) is 17.8. The van der Waals surface area contributed by atoms with Crippen molar-refractivity contribution >= 4 is 40.0 Å². The van der Waals surface area contributed by atoms with Crippen molar-refractivity contribution in [2.45, 2.75) is 0 Å². The highest BCUT2D eigenvalue weighted by atomic mass is 35.5. The Hall–Kier alpha value is -3.27. The normalized spacial score (nSPS) is 14.7. The summed E-state index contributed by atoms with van der Waals surface area (Å²) in [4.78, 5) is 21.1. The van der Waals surface area contributed by atoms with Crippen LogP contribution < -0.4 is 10.2 Å². The van der Waals surface area contributed by atoms with E-state index < -0.39 is 5.82 Å². The predicted octanol–water partition coefficient (Wildman–Crippen LogP) is 3.67. The molecule has 3 N–H and O–H groups in total. The molecular weight excluding hydrogens is 445 g/mol. The van der Waals surface area contributed by atoms with Gasteiger partial charge in [0.2, 0.25) is 0 Å². The average molecular weight is 468 g/mol. The molecule has 0 amide bonds. The van der Waals surface area contributed by atoms with E-state index in [1.807, 2.05) is 12.1 Å². The number of nitrogens with one attached hydrogen (secondary N) is 2. The fraction of sp³-hybridized carbons (Fsp3) is 0.261. The van der Waals surface area contributed by atoms with Gasteiger partial charge >= 0.3 is 0 Å². The number of piperazine rings is 1. The van der Waals surface area contributed by atoms with E-state index in [4.69, 9.17) is 16.7 Å². The average Bonchev–Trinajstić information content (AvgIpc) is 3.25. The number of β-amino-alcohol motifs (C(OH)–C–C–N with tert-alkyl or cyclic N) is 1. The molecule has 0 spiro atoms. The third kappa shape index (κ3) is 4.47. The van der Waals surface area contributed by atoms with Crippen molar-refractivity contribution < 1.29 is 9.50 Å². The molecule has 1 aliphatic heterocycles. The number of anilines is 3. The SMILES string of the molecule is OCCN1CCN(c2ccnc(Nc3nccc4[nH]c(-c5c(F)cccc5Cl)nc34)c2)CC1. The van der Waals surface area contributed by atoms with Crippen LogP contribution in [0.2, 0.25) is 5.02 Å². The van der Waals surface area contributed by atoms with Crippen LogP contribution in [0.15, 0.2) is 48.8 Å². The second-order valence-corrected chi connectivity index (χ2v) is 8.22. The molecule has 0 aliphatic carbocycles. The Morgan fingerprint density at radius 2 is 1.91 bits per heavy atom. The first-order valence-electron chi connectivity index (χ1n) is 10.7. The number of halogens is 2. The summed E-state index contributed by atoms with van der Waals surface area (Å²) in [6, 6.07) is 10.3. The first kappa shape index (κ1) is 21.6. The molecule has 8 nitrogen and oxygen atoms in total. The second kappa shape index (κ2) is 9.30. The molecule has 33 heavy (non-hydrogen) atoms. The monoisotopic (exact) mass is 467 g/mol. The molecule has 0 atom stereocenters. The number of aromatic amines is 1. The van der Waals surface area contributed by atoms with E-state index in [1.54, 1.807) is 30.6 Å². The minimum absolute atomic E-state index is 0.180. The Morgan fingerprint density at radius 1 is 1.09 bits per heavy atom. The summed E-state index contributed by atoms with van der Waals surface area (Å²) in [5.74, 6) is 1.04. The number of H-pyrrole nitrogens is 1. The van der Waals surface area contributed by atoms with Crippen LogP contribution in [-0.4, -0.2) is 69.3 Å². The van der Waals surface area contributed by atoms with Crippen LogP contribution in [0.25, 0.3) is 22.4 Å². The van der Waals surface area contributed by atoms with Crippen LogP contribution in [0, 0.1) is 5.82 Å². The number of hydrogen-bond donors (Lipinski definition) is 3. The fourth-order valence-electron chi connectivity index (χ4n) is 4.05. The molecule has 3 aromatic heterocycles. The van der Waals surface area contributed by atoms with Crippen molar-refractivity contribution in [3.05, 3.63) is 59.6 Å². The van der Waals surface area contributed by atoms with Crippen LogP contribution in [0.3, 0.4) is 0 Å². The number of imidazole rings is 1. The van der Waals surface area contributed by atoms with Crippen LogP contribution >= 0.6 is 11.6 Å². The van der Waals surface area contributed by atoms with Crippen LogP contribution in [0.5, 0.6) is 0 Å². The van der Waals surface area contributed by atoms with Crippen molar-refractivity contribution in [3.8, 4) is 11.4 Å². The van der Waals surface area contributed by atoms with Gasteiger partial charge < -0.3 is 20.3 Å². The molecular formula is C23H23ClFN7O. The van der Waals surface area contributed by atoms with E-state index in [1.165, 1.54) is 6.07 Å². The Morgan fingerprint density at radius 3 is 2.70 bits per heavy atom. The molecule has 1 aliphatic rings. The Labute approximate surface area is 195 Å². The smallest absolute Gasteiger partial charge is 0.159 e. The third-order valence-corrected chi connectivity index (χ3v) is 6.06. The van der Waals surface area contributed by atoms with Gasteiger partial charge in [0, 0.05) is 56.9 Å². The second-order valence-electron chi connectivity index (χ2n) is 7.81. The largest absolute Gasteiger partial charge is 0.395 e. The van der Waals surface area contributed by atoms with E-state index in [9.17, 15) is 4.39 Å². The van der Waals surface area contributed by atoms with Crippen LogP contribution in [0.4, 0.5) is 21.7 Å². The number of rotatable bonds is 6. The molecule has 4 heterocycles. The van der Waals surface area contributed by atoms with Gasteiger partial charge in [0.1, 0.15) is 23.0 Å². The number of hydrogen-bond acceptors (Lipinski definition) is 7. The van der Waals surface area contributed by atoms with Crippen LogP contribution in [-0.2, 0) is 0 Å². The van der Waals surface area contributed by atoms with E-state index >= 15 is 0 Å². The number of aliphatic hydroxyl groups excluding tert-OH is 1. The molecule has 0 bridgehead atoms. The zero-order valence-corrected chi connectivity index (χ0v) is 18.6. The van der Waals surface area contributed by atoms with E-state index in [-0.39, 0.29) is 17.2 Å². The lowest BCUT2D eigenvalue weighted by Crippen LogP contribution is -2.47. The number of aliphatic hydroxyl groups is 1. The van der Waals surface area contributed by atoms with Gasteiger partial charge in [0.25, 0.3) is 0 Å². The van der Waals surface area contributed by atoms with Crippen LogP contribution in [0.1, 0.15) is 0 Å². The lowest BCUT2D eigenvalue weighted by molar-refractivity contribution is 0.189. The van der Waals surface area contributed by atoms with E-state index in [0.717, 1.165) is 31.9 Å². The summed E-state index contributed by atoms with van der Waals surface area (Å²) >= 11 is 6.22. The van der Waals surface area contributed by atoms with Crippen molar-refractivity contribution in [1.29, 1.82) is 0 Å².